The first-order chi connectivity index (χ1) is 11.7. The van der Waals surface area contributed by atoms with Crippen molar-refractivity contribution in [3.05, 3.63) is 74.2 Å². The first-order valence-corrected chi connectivity index (χ1v) is 9.02. The molecule has 3 rings (SSSR count). The summed E-state index contributed by atoms with van der Waals surface area (Å²) in [6.45, 7) is 19.9. The van der Waals surface area contributed by atoms with Crippen LogP contribution in [0.25, 0.3) is 5.52 Å². The Morgan fingerprint density at radius 2 is 1.12 bits per heavy atom. The van der Waals surface area contributed by atoms with E-state index in [1.165, 1.54) is 61.3 Å². The molecule has 0 bridgehead atoms. The van der Waals surface area contributed by atoms with Crippen molar-refractivity contribution in [2.24, 2.45) is 0 Å². The third kappa shape index (κ3) is 2.90. The molecule has 0 unspecified atom stereocenters. The fraction of sp³-hybridized carbons (Fsp3) is 0.391. The van der Waals surface area contributed by atoms with E-state index in [0.29, 0.717) is 0 Å². The standard InChI is InChI=1S/C23H29N2.V/c1-12-13(2)17(6)21(18(7)14(12)3)10-23-24-11-22-19(8)15(4)16(5)20(9)25(22)23;/h10-11H,1-9H3;/q-1;. The van der Waals surface area contributed by atoms with Crippen LogP contribution in [0.2, 0.25) is 0 Å². The monoisotopic (exact) mass is 384 g/mol. The molecule has 1 aromatic carbocycles. The second kappa shape index (κ2) is 7.17. The first-order valence-electron chi connectivity index (χ1n) is 9.02. The van der Waals surface area contributed by atoms with E-state index in [-0.39, 0.29) is 18.6 Å². The molecule has 3 aromatic rings. The predicted molar refractivity (Wildman–Crippen MR) is 107 cm³/mol. The molecule has 0 spiro atoms. The zero-order valence-electron chi connectivity index (χ0n) is 17.5. The molecule has 0 atom stereocenters. The van der Waals surface area contributed by atoms with Crippen LogP contribution >= 0.6 is 0 Å². The Hall–Kier alpha value is -1.64. The van der Waals surface area contributed by atoms with Gasteiger partial charge in [-0.1, -0.05) is 33.3 Å². The van der Waals surface area contributed by atoms with Crippen LogP contribution in [0, 0.1) is 68.7 Å². The summed E-state index contributed by atoms with van der Waals surface area (Å²) in [5.74, 6) is 1.02. The Bertz CT molecular complexity index is 980. The summed E-state index contributed by atoms with van der Waals surface area (Å²) >= 11 is 0. The van der Waals surface area contributed by atoms with Gasteiger partial charge in [-0.05, 0) is 51.3 Å². The molecule has 0 aliphatic carbocycles. The van der Waals surface area contributed by atoms with E-state index in [9.17, 15) is 0 Å². The minimum Gasteiger partial charge on any atom is -0.307 e. The maximum atomic E-state index is 4.77. The van der Waals surface area contributed by atoms with Crippen LogP contribution < -0.4 is 0 Å². The largest absolute Gasteiger partial charge is 0.307 e. The number of aryl methyl sites for hydroxylation is 2. The minimum absolute atomic E-state index is 0. The molecule has 0 saturated heterocycles. The number of rotatable bonds is 2. The Morgan fingerprint density at radius 1 is 0.654 bits per heavy atom. The van der Waals surface area contributed by atoms with E-state index in [0.717, 1.165) is 5.82 Å². The fourth-order valence-corrected chi connectivity index (χ4v) is 3.87. The molecule has 1 radical (unpaired) electrons. The molecule has 0 saturated carbocycles. The molecule has 0 amide bonds. The summed E-state index contributed by atoms with van der Waals surface area (Å²) in [6, 6.07) is 0. The number of pyridine rings is 1. The van der Waals surface area contributed by atoms with Crippen molar-refractivity contribution in [3.8, 4) is 0 Å². The molecular formula is C23H29N2V-. The van der Waals surface area contributed by atoms with Gasteiger partial charge in [-0.2, -0.15) is 5.56 Å². The quantitative estimate of drug-likeness (QED) is 0.518. The van der Waals surface area contributed by atoms with Gasteiger partial charge in [0, 0.05) is 24.2 Å². The van der Waals surface area contributed by atoms with E-state index in [4.69, 9.17) is 4.98 Å². The van der Waals surface area contributed by atoms with Gasteiger partial charge in [0.15, 0.2) is 0 Å². The molecule has 3 heteroatoms. The van der Waals surface area contributed by atoms with Gasteiger partial charge in [0.25, 0.3) is 0 Å². The smallest absolute Gasteiger partial charge is 0.0810 e. The van der Waals surface area contributed by atoms with Gasteiger partial charge in [-0.15, -0.1) is 28.7 Å². The third-order valence-electron chi connectivity index (χ3n) is 6.51. The van der Waals surface area contributed by atoms with Gasteiger partial charge in [-0.25, -0.2) is 4.98 Å². The molecule has 26 heavy (non-hydrogen) atoms. The number of nitrogens with zero attached hydrogens (tertiary/aromatic N) is 2. The SMILES string of the molecule is Cc1c(C)c(C)c([CH-]c2ncc3c(C)c(C)c(C)c(C)n23)c(C)c1C.[V]. The molecule has 0 aliphatic heterocycles. The topological polar surface area (TPSA) is 17.3 Å². The van der Waals surface area contributed by atoms with Crippen LogP contribution in [0.15, 0.2) is 6.20 Å². The van der Waals surface area contributed by atoms with Crippen LogP contribution in [0.5, 0.6) is 0 Å². The Kier molecular flexibility index (Phi) is 5.70. The van der Waals surface area contributed by atoms with E-state index in [2.05, 4.69) is 73.1 Å². The number of fused-ring (bicyclic) bond motifs is 1. The molecule has 2 heterocycles. The Morgan fingerprint density at radius 3 is 1.65 bits per heavy atom. The molecule has 2 nitrogen and oxygen atoms in total. The maximum absolute atomic E-state index is 4.77. The zero-order chi connectivity index (χ0) is 18.6. The number of aromatic nitrogens is 2. The number of hydrogen-bond acceptors (Lipinski definition) is 1. The van der Waals surface area contributed by atoms with Crippen LogP contribution in [0.4, 0.5) is 0 Å². The van der Waals surface area contributed by atoms with E-state index < -0.39 is 0 Å². The average Bonchev–Trinajstić information content (AvgIpc) is 3.02. The van der Waals surface area contributed by atoms with E-state index >= 15 is 0 Å². The van der Waals surface area contributed by atoms with Crippen molar-refractivity contribution in [1.29, 1.82) is 0 Å². The predicted octanol–water partition coefficient (Wildman–Crippen LogP) is 5.71. The number of benzene rings is 1. The van der Waals surface area contributed by atoms with Crippen molar-refractivity contribution in [2.75, 3.05) is 0 Å². The van der Waals surface area contributed by atoms with Crippen LogP contribution in [0.3, 0.4) is 0 Å². The van der Waals surface area contributed by atoms with Gasteiger partial charge in [0.05, 0.1) is 17.5 Å². The molecular weight excluding hydrogens is 355 g/mol. The summed E-state index contributed by atoms with van der Waals surface area (Å²) in [5.41, 5.74) is 14.7. The molecule has 2 aromatic heterocycles. The van der Waals surface area contributed by atoms with Crippen LogP contribution in [-0.4, -0.2) is 9.38 Å². The van der Waals surface area contributed by atoms with Crippen molar-refractivity contribution in [2.45, 2.75) is 62.3 Å². The first kappa shape index (κ1) is 20.7. The van der Waals surface area contributed by atoms with Gasteiger partial charge < -0.3 is 4.40 Å². The van der Waals surface area contributed by atoms with E-state index in [1.54, 1.807) is 0 Å². The number of imidazole rings is 1. The third-order valence-corrected chi connectivity index (χ3v) is 6.51. The van der Waals surface area contributed by atoms with Crippen LogP contribution in [0.1, 0.15) is 61.6 Å². The molecule has 0 fully saturated rings. The summed E-state index contributed by atoms with van der Waals surface area (Å²) in [5, 5.41) is 0. The average molecular weight is 384 g/mol. The minimum atomic E-state index is 0. The molecule has 0 N–H and O–H groups in total. The van der Waals surface area contributed by atoms with Crippen molar-refractivity contribution in [1.82, 2.24) is 9.38 Å². The summed E-state index contributed by atoms with van der Waals surface area (Å²) in [6.07, 6.45) is 4.28. The summed E-state index contributed by atoms with van der Waals surface area (Å²) in [4.78, 5) is 4.77. The summed E-state index contributed by atoms with van der Waals surface area (Å²) in [7, 11) is 0. The van der Waals surface area contributed by atoms with Gasteiger partial charge >= 0.3 is 0 Å². The Labute approximate surface area is 169 Å². The van der Waals surface area contributed by atoms with Crippen molar-refractivity contribution in [3.63, 3.8) is 0 Å². The molecule has 0 aliphatic rings. The molecule has 137 valence electrons. The number of hydrogen-bond donors (Lipinski definition) is 0. The zero-order valence-corrected chi connectivity index (χ0v) is 18.9. The second-order valence-electron chi connectivity index (χ2n) is 7.48. The summed E-state index contributed by atoms with van der Waals surface area (Å²) < 4.78 is 2.31. The van der Waals surface area contributed by atoms with Gasteiger partial charge in [-0.3, -0.25) is 0 Å². The van der Waals surface area contributed by atoms with Crippen LogP contribution in [-0.2, 0) is 18.6 Å². The fourth-order valence-electron chi connectivity index (χ4n) is 3.87. The van der Waals surface area contributed by atoms with E-state index in [1.807, 2.05) is 6.20 Å². The van der Waals surface area contributed by atoms with Gasteiger partial charge in [0.1, 0.15) is 0 Å². The normalized spacial score (nSPS) is 11.0. The second-order valence-corrected chi connectivity index (χ2v) is 7.48. The van der Waals surface area contributed by atoms with Crippen molar-refractivity contribution < 1.29 is 18.6 Å². The van der Waals surface area contributed by atoms with Gasteiger partial charge in [0.2, 0.25) is 0 Å². The van der Waals surface area contributed by atoms with Crippen molar-refractivity contribution >= 4 is 5.52 Å². The Balaban J connectivity index is 0.00000243. The maximum Gasteiger partial charge on any atom is 0.0810 e.